The van der Waals surface area contributed by atoms with Crippen LogP contribution in [-0.2, 0) is 4.79 Å². The van der Waals surface area contributed by atoms with Gasteiger partial charge in [-0.1, -0.05) is 35.7 Å². The molecule has 2 aliphatic rings. The maximum Gasteiger partial charge on any atom is 0.288 e. The van der Waals surface area contributed by atoms with Gasteiger partial charge in [-0.05, 0) is 36.4 Å². The second-order valence-corrected chi connectivity index (χ2v) is 7.77. The summed E-state index contributed by atoms with van der Waals surface area (Å²) in [6.45, 7) is 0. The van der Waals surface area contributed by atoms with Crippen molar-refractivity contribution in [2.45, 2.75) is 22.0 Å². The van der Waals surface area contributed by atoms with Crippen LogP contribution in [0.1, 0.15) is 6.42 Å². The molecule has 0 unspecified atom stereocenters. The van der Waals surface area contributed by atoms with Gasteiger partial charge in [-0.15, -0.1) is 0 Å². The average molecular weight is 389 g/mol. The number of nitrogens with one attached hydrogen (secondary N) is 2. The first-order valence-electron chi connectivity index (χ1n) is 7.77. The minimum atomic E-state index is -2.49. The van der Waals surface area contributed by atoms with E-state index in [9.17, 15) is 13.6 Å². The first kappa shape index (κ1) is 17.1. The molecule has 2 aromatic carbocycles. The Bertz CT molecular complexity index is 901. The lowest BCUT2D eigenvalue weighted by molar-refractivity contribution is -0.116. The van der Waals surface area contributed by atoms with Crippen LogP contribution in [0.3, 0.4) is 0 Å². The van der Waals surface area contributed by atoms with Gasteiger partial charge < -0.3 is 5.32 Å². The molecular weight excluding hydrogens is 376 g/mol. The third-order valence-electron chi connectivity index (χ3n) is 4.03. The predicted octanol–water partition coefficient (Wildman–Crippen LogP) is 5.14. The fourth-order valence-corrected chi connectivity index (χ4v) is 4.41. The summed E-state index contributed by atoms with van der Waals surface area (Å²) in [7, 11) is 0. The Morgan fingerprint density at radius 1 is 1.15 bits per heavy atom. The van der Waals surface area contributed by atoms with Crippen LogP contribution < -0.4 is 10.2 Å². The molecule has 2 heterocycles. The number of halogens is 2. The standard InChI is InChI=1S/C18H13F2N3OS2/c19-18(20)25-11-7-5-10(6-8-11)23-15(24)9-12(16(23)21)17-22-13-3-1-2-4-14(13)26-17/h1-8,18,21-22H,9H2. The third kappa shape index (κ3) is 3.10. The van der Waals surface area contributed by atoms with Crippen LogP contribution in [0.2, 0.25) is 0 Å². The second-order valence-electron chi connectivity index (χ2n) is 5.66. The maximum atomic E-state index is 12.5. The number of alkyl halides is 2. The number of amides is 1. The number of benzene rings is 2. The average Bonchev–Trinajstić information content (AvgIpc) is 3.16. The van der Waals surface area contributed by atoms with Crippen LogP contribution >= 0.6 is 23.5 Å². The lowest BCUT2D eigenvalue weighted by atomic mass is 10.2. The Balaban J connectivity index is 1.60. The summed E-state index contributed by atoms with van der Waals surface area (Å²) in [6, 6.07) is 14.1. The Labute approximate surface area is 157 Å². The molecule has 0 bridgehead atoms. The molecule has 2 N–H and O–H groups in total. The SMILES string of the molecule is N=C1C(=C2Nc3ccccc3S2)CC(=O)N1c1ccc(SC(F)F)cc1. The molecule has 4 nitrogen and oxygen atoms in total. The summed E-state index contributed by atoms with van der Waals surface area (Å²) in [5.41, 5.74) is 2.11. The van der Waals surface area contributed by atoms with E-state index in [1.165, 1.54) is 28.8 Å². The van der Waals surface area contributed by atoms with E-state index >= 15 is 0 Å². The normalized spacial score (nSPS) is 19.3. The molecule has 0 radical (unpaired) electrons. The molecule has 1 saturated heterocycles. The van der Waals surface area contributed by atoms with Crippen molar-refractivity contribution in [2.24, 2.45) is 0 Å². The van der Waals surface area contributed by atoms with Gasteiger partial charge in [0.05, 0.1) is 22.8 Å². The van der Waals surface area contributed by atoms with Gasteiger partial charge in [0.25, 0.3) is 5.76 Å². The molecule has 8 heteroatoms. The molecule has 2 aliphatic heterocycles. The zero-order valence-corrected chi connectivity index (χ0v) is 15.0. The van der Waals surface area contributed by atoms with Crippen molar-refractivity contribution in [1.82, 2.24) is 0 Å². The van der Waals surface area contributed by atoms with Gasteiger partial charge in [0.2, 0.25) is 5.91 Å². The van der Waals surface area contributed by atoms with E-state index in [1.807, 2.05) is 24.3 Å². The second kappa shape index (κ2) is 6.77. The molecule has 26 heavy (non-hydrogen) atoms. The van der Waals surface area contributed by atoms with Crippen molar-refractivity contribution >= 4 is 46.6 Å². The molecule has 0 aromatic heterocycles. The predicted molar refractivity (Wildman–Crippen MR) is 101 cm³/mol. The number of para-hydroxylation sites is 1. The largest absolute Gasteiger partial charge is 0.349 e. The zero-order chi connectivity index (χ0) is 18.3. The molecule has 1 fully saturated rings. The molecule has 2 aromatic rings. The van der Waals surface area contributed by atoms with Crippen molar-refractivity contribution in [2.75, 3.05) is 10.2 Å². The van der Waals surface area contributed by atoms with Gasteiger partial charge >= 0.3 is 0 Å². The summed E-state index contributed by atoms with van der Waals surface area (Å²) in [5.74, 6) is -2.58. The Kier molecular flexibility index (Phi) is 4.46. The number of hydrogen-bond acceptors (Lipinski definition) is 5. The molecule has 4 rings (SSSR count). The number of carbonyl (C=O) groups excluding carboxylic acids is 1. The number of nitrogens with zero attached hydrogens (tertiary/aromatic N) is 1. The minimum Gasteiger partial charge on any atom is -0.349 e. The van der Waals surface area contributed by atoms with Crippen molar-refractivity contribution in [3.05, 3.63) is 59.1 Å². The van der Waals surface area contributed by atoms with Crippen LogP contribution in [-0.4, -0.2) is 17.5 Å². The van der Waals surface area contributed by atoms with Crippen LogP contribution in [0, 0.1) is 5.41 Å². The topological polar surface area (TPSA) is 56.2 Å². The number of anilines is 2. The summed E-state index contributed by atoms with van der Waals surface area (Å²) in [5, 5.41) is 12.5. The number of carbonyl (C=O) groups is 1. The van der Waals surface area contributed by atoms with Crippen molar-refractivity contribution in [3.63, 3.8) is 0 Å². The highest BCUT2D eigenvalue weighted by Gasteiger charge is 2.35. The van der Waals surface area contributed by atoms with Crippen molar-refractivity contribution < 1.29 is 13.6 Å². The number of rotatable bonds is 3. The van der Waals surface area contributed by atoms with Gasteiger partial charge in [-0.3, -0.25) is 15.1 Å². The fourth-order valence-electron chi connectivity index (χ4n) is 2.86. The lowest BCUT2D eigenvalue weighted by Crippen LogP contribution is -2.28. The quantitative estimate of drug-likeness (QED) is 0.714. The monoisotopic (exact) mass is 389 g/mol. The number of thioether (sulfide) groups is 2. The van der Waals surface area contributed by atoms with Crippen molar-refractivity contribution in [1.29, 1.82) is 5.41 Å². The maximum absolute atomic E-state index is 12.5. The fraction of sp³-hybridized carbons (Fsp3) is 0.111. The molecular formula is C18H13F2N3OS2. The first-order chi connectivity index (χ1) is 12.5. The minimum absolute atomic E-state index is 0.118. The number of hydrogen-bond donors (Lipinski definition) is 2. The molecule has 1 amide bonds. The highest BCUT2D eigenvalue weighted by Crippen LogP contribution is 2.44. The van der Waals surface area contributed by atoms with Gasteiger partial charge in [-0.25, -0.2) is 0 Å². The molecule has 132 valence electrons. The lowest BCUT2D eigenvalue weighted by Gasteiger charge is -2.16. The van der Waals surface area contributed by atoms with E-state index < -0.39 is 5.76 Å². The summed E-state index contributed by atoms with van der Waals surface area (Å²) >= 11 is 1.96. The van der Waals surface area contributed by atoms with Crippen LogP contribution in [0.15, 0.2) is 68.9 Å². The first-order valence-corrected chi connectivity index (χ1v) is 9.46. The van der Waals surface area contributed by atoms with Crippen LogP contribution in [0.4, 0.5) is 20.2 Å². The number of fused-ring (bicyclic) bond motifs is 1. The summed E-state index contributed by atoms with van der Waals surface area (Å²) in [6.07, 6.45) is 0.135. The third-order valence-corrected chi connectivity index (χ3v) is 5.88. The van der Waals surface area contributed by atoms with Gasteiger partial charge in [0, 0.05) is 15.4 Å². The molecule has 0 atom stereocenters. The smallest absolute Gasteiger partial charge is 0.288 e. The van der Waals surface area contributed by atoms with E-state index in [2.05, 4.69) is 5.32 Å². The van der Waals surface area contributed by atoms with E-state index in [4.69, 9.17) is 5.41 Å². The van der Waals surface area contributed by atoms with E-state index in [0.29, 0.717) is 27.9 Å². The summed E-state index contributed by atoms with van der Waals surface area (Å²) < 4.78 is 24.9. The van der Waals surface area contributed by atoms with Gasteiger partial charge in [-0.2, -0.15) is 8.78 Å². The van der Waals surface area contributed by atoms with E-state index in [1.54, 1.807) is 12.1 Å². The van der Waals surface area contributed by atoms with E-state index in [-0.39, 0.29) is 18.2 Å². The molecule has 0 saturated carbocycles. The van der Waals surface area contributed by atoms with Crippen LogP contribution in [0.5, 0.6) is 0 Å². The summed E-state index contributed by atoms with van der Waals surface area (Å²) in [4.78, 5) is 15.3. The van der Waals surface area contributed by atoms with Crippen molar-refractivity contribution in [3.8, 4) is 0 Å². The number of amidine groups is 1. The van der Waals surface area contributed by atoms with Gasteiger partial charge in [0.1, 0.15) is 5.84 Å². The van der Waals surface area contributed by atoms with E-state index in [0.717, 1.165) is 15.6 Å². The molecule has 0 spiro atoms. The highest BCUT2D eigenvalue weighted by atomic mass is 32.2. The van der Waals surface area contributed by atoms with Crippen LogP contribution in [0.25, 0.3) is 0 Å². The Morgan fingerprint density at radius 3 is 2.58 bits per heavy atom. The van der Waals surface area contributed by atoms with Gasteiger partial charge in [0.15, 0.2) is 0 Å². The highest BCUT2D eigenvalue weighted by molar-refractivity contribution is 8.03. The molecule has 0 aliphatic carbocycles. The zero-order valence-electron chi connectivity index (χ0n) is 13.3. The Morgan fingerprint density at radius 2 is 1.88 bits per heavy atom. The Hall–Kier alpha value is -2.32.